The van der Waals surface area contributed by atoms with Crippen molar-refractivity contribution >= 4 is 39.1 Å². The topological polar surface area (TPSA) is 93.2 Å². The van der Waals surface area contributed by atoms with E-state index in [-0.39, 0.29) is 10.5 Å². The number of esters is 1. The minimum absolute atomic E-state index is 0.0414. The second kappa shape index (κ2) is 9.99. The summed E-state index contributed by atoms with van der Waals surface area (Å²) in [5, 5.41) is 0.394. The summed E-state index contributed by atoms with van der Waals surface area (Å²) in [5.41, 5.74) is 0.911. The molecule has 172 valence electrons. The highest BCUT2D eigenvalue weighted by Crippen LogP contribution is 2.27. The molecule has 0 bridgehead atoms. The van der Waals surface area contributed by atoms with Gasteiger partial charge in [-0.1, -0.05) is 23.7 Å². The van der Waals surface area contributed by atoms with E-state index in [2.05, 4.69) is 0 Å². The molecule has 0 aromatic heterocycles. The number of carbonyl (C=O) groups is 2. The maximum atomic E-state index is 13.1. The first-order valence-corrected chi connectivity index (χ1v) is 11.8. The maximum Gasteiger partial charge on any atom is 0.341 e. The highest BCUT2D eigenvalue weighted by atomic mass is 35.5. The summed E-state index contributed by atoms with van der Waals surface area (Å²) in [6, 6.07) is 10.7. The molecule has 3 rings (SSSR count). The van der Waals surface area contributed by atoms with Crippen molar-refractivity contribution in [3.63, 3.8) is 0 Å². The third-order valence-corrected chi connectivity index (χ3v) is 7.13. The van der Waals surface area contributed by atoms with E-state index in [9.17, 15) is 18.0 Å². The first-order chi connectivity index (χ1) is 15.1. The Hall–Kier alpha value is -2.46. The Bertz CT molecular complexity index is 1110. The van der Waals surface area contributed by atoms with Gasteiger partial charge in [-0.2, -0.15) is 0 Å². The number of sulfonamides is 1. The number of halogens is 1. The van der Waals surface area contributed by atoms with Crippen molar-refractivity contribution in [2.45, 2.75) is 17.9 Å². The lowest BCUT2D eigenvalue weighted by molar-refractivity contribution is 0.0318. The molecule has 32 heavy (non-hydrogen) atoms. The van der Waals surface area contributed by atoms with Crippen LogP contribution in [0.2, 0.25) is 5.02 Å². The Labute approximate surface area is 192 Å². The number of rotatable bonds is 7. The molecule has 0 radical (unpaired) electrons. The van der Waals surface area contributed by atoms with E-state index in [0.29, 0.717) is 42.6 Å². The SMILES string of the molecule is C[C@H](OC(=O)c1cc(S(=O)(=O)N(C)C)ccc1N1CCOCC1)C(=O)c1cccc(Cl)c1. The van der Waals surface area contributed by atoms with Gasteiger partial charge in [-0.15, -0.1) is 0 Å². The van der Waals surface area contributed by atoms with Crippen LogP contribution in [0.5, 0.6) is 0 Å². The number of ketones is 1. The van der Waals surface area contributed by atoms with Crippen LogP contribution in [-0.4, -0.2) is 71.0 Å². The maximum absolute atomic E-state index is 13.1. The van der Waals surface area contributed by atoms with Crippen LogP contribution in [-0.2, 0) is 19.5 Å². The summed E-state index contributed by atoms with van der Waals surface area (Å²) in [4.78, 5) is 27.7. The van der Waals surface area contributed by atoms with Crippen LogP contribution in [0.25, 0.3) is 0 Å². The highest BCUT2D eigenvalue weighted by Gasteiger charge is 2.27. The van der Waals surface area contributed by atoms with Gasteiger partial charge in [0.2, 0.25) is 15.8 Å². The molecule has 0 amide bonds. The van der Waals surface area contributed by atoms with Crippen molar-refractivity contribution in [1.29, 1.82) is 0 Å². The van der Waals surface area contributed by atoms with Crippen molar-refractivity contribution in [2.75, 3.05) is 45.3 Å². The molecular weight excluding hydrogens is 456 g/mol. The Morgan fingerprint density at radius 3 is 2.44 bits per heavy atom. The molecule has 1 saturated heterocycles. The molecule has 1 aliphatic rings. The Kier molecular flexibility index (Phi) is 7.55. The van der Waals surface area contributed by atoms with Crippen LogP contribution in [0, 0.1) is 0 Å². The fourth-order valence-corrected chi connectivity index (χ4v) is 4.40. The minimum atomic E-state index is -3.77. The smallest absolute Gasteiger partial charge is 0.341 e. The van der Waals surface area contributed by atoms with Gasteiger partial charge < -0.3 is 14.4 Å². The van der Waals surface area contributed by atoms with E-state index in [4.69, 9.17) is 21.1 Å². The zero-order valence-corrected chi connectivity index (χ0v) is 19.6. The first kappa shape index (κ1) is 24.2. The summed E-state index contributed by atoms with van der Waals surface area (Å²) >= 11 is 5.95. The standard InChI is InChI=1S/C22H25ClN2O6S/c1-15(21(26)16-5-4-6-17(23)13-16)31-22(27)19-14-18(32(28,29)24(2)3)7-8-20(19)25-9-11-30-12-10-25/h4-8,13-15H,9-12H2,1-3H3/t15-/m0/s1. The second-order valence-corrected chi connectivity index (χ2v) is 10.1. The van der Waals surface area contributed by atoms with E-state index in [1.54, 1.807) is 24.3 Å². The predicted octanol–water partition coefficient (Wildman–Crippen LogP) is 2.86. The van der Waals surface area contributed by atoms with Gasteiger partial charge in [0.05, 0.1) is 29.4 Å². The van der Waals surface area contributed by atoms with Crippen LogP contribution in [0.3, 0.4) is 0 Å². The first-order valence-electron chi connectivity index (χ1n) is 10.0. The summed E-state index contributed by atoms with van der Waals surface area (Å²) in [7, 11) is -0.949. The van der Waals surface area contributed by atoms with E-state index in [1.165, 1.54) is 39.2 Å². The fraction of sp³-hybridized carbons (Fsp3) is 0.364. The van der Waals surface area contributed by atoms with Crippen LogP contribution >= 0.6 is 11.6 Å². The zero-order chi connectivity index (χ0) is 23.5. The molecule has 1 heterocycles. The number of Topliss-reactive ketones (excluding diaryl/α,β-unsaturated/α-hetero) is 1. The summed E-state index contributed by atoms with van der Waals surface area (Å²) in [5.74, 6) is -1.20. The van der Waals surface area contributed by atoms with Crippen LogP contribution in [0.4, 0.5) is 5.69 Å². The molecule has 8 nitrogen and oxygen atoms in total. The Morgan fingerprint density at radius 1 is 1.12 bits per heavy atom. The number of benzene rings is 2. The summed E-state index contributed by atoms with van der Waals surface area (Å²) in [6.07, 6.45) is -1.09. The molecule has 2 aromatic carbocycles. The lowest BCUT2D eigenvalue weighted by Gasteiger charge is -2.30. The molecule has 1 fully saturated rings. The third-order valence-electron chi connectivity index (χ3n) is 5.08. The molecule has 0 N–H and O–H groups in total. The van der Waals surface area contributed by atoms with Gasteiger partial charge in [-0.05, 0) is 37.3 Å². The largest absolute Gasteiger partial charge is 0.451 e. The average molecular weight is 481 g/mol. The number of morpholine rings is 1. The molecular formula is C22H25ClN2O6S. The van der Waals surface area contributed by atoms with Gasteiger partial charge in [-0.25, -0.2) is 17.5 Å². The van der Waals surface area contributed by atoms with Gasteiger partial charge in [0, 0.05) is 37.8 Å². The second-order valence-electron chi connectivity index (χ2n) is 7.49. The Morgan fingerprint density at radius 2 is 1.81 bits per heavy atom. The van der Waals surface area contributed by atoms with Crippen molar-refractivity contribution < 1.29 is 27.5 Å². The van der Waals surface area contributed by atoms with Crippen molar-refractivity contribution in [3.05, 3.63) is 58.6 Å². The van der Waals surface area contributed by atoms with Gasteiger partial charge >= 0.3 is 5.97 Å². The monoisotopic (exact) mass is 480 g/mol. The highest BCUT2D eigenvalue weighted by molar-refractivity contribution is 7.89. The van der Waals surface area contributed by atoms with Crippen molar-refractivity contribution in [3.8, 4) is 0 Å². The fourth-order valence-electron chi connectivity index (χ4n) is 3.28. The van der Waals surface area contributed by atoms with E-state index in [0.717, 1.165) is 4.31 Å². The lowest BCUT2D eigenvalue weighted by Crippen LogP contribution is -2.37. The molecule has 0 saturated carbocycles. The van der Waals surface area contributed by atoms with Gasteiger partial charge in [0.25, 0.3) is 0 Å². The van der Waals surface area contributed by atoms with E-state index >= 15 is 0 Å². The quantitative estimate of drug-likeness (QED) is 0.444. The third kappa shape index (κ3) is 5.29. The number of nitrogens with zero attached hydrogens (tertiary/aromatic N) is 2. The van der Waals surface area contributed by atoms with Crippen molar-refractivity contribution in [2.24, 2.45) is 0 Å². The van der Waals surface area contributed by atoms with Crippen LogP contribution < -0.4 is 4.90 Å². The zero-order valence-electron chi connectivity index (χ0n) is 18.1. The van der Waals surface area contributed by atoms with Crippen LogP contribution in [0.15, 0.2) is 47.4 Å². The summed E-state index contributed by atoms with van der Waals surface area (Å²) < 4.78 is 37.1. The van der Waals surface area contributed by atoms with Gasteiger partial charge in [0.15, 0.2) is 6.10 Å². The normalized spacial score (nSPS) is 15.5. The number of anilines is 1. The lowest BCUT2D eigenvalue weighted by atomic mass is 10.1. The summed E-state index contributed by atoms with van der Waals surface area (Å²) in [6.45, 7) is 3.51. The molecule has 0 aliphatic carbocycles. The Balaban J connectivity index is 1.93. The number of hydrogen-bond donors (Lipinski definition) is 0. The molecule has 0 spiro atoms. The minimum Gasteiger partial charge on any atom is -0.451 e. The molecule has 1 atom stereocenters. The van der Waals surface area contributed by atoms with E-state index in [1.807, 2.05) is 4.90 Å². The molecule has 1 aliphatic heterocycles. The average Bonchev–Trinajstić information content (AvgIpc) is 2.78. The van der Waals surface area contributed by atoms with E-state index < -0.39 is 27.9 Å². The molecule has 10 heteroatoms. The molecule has 0 unspecified atom stereocenters. The number of hydrogen-bond acceptors (Lipinski definition) is 7. The predicted molar refractivity (Wildman–Crippen MR) is 121 cm³/mol. The van der Waals surface area contributed by atoms with Gasteiger partial charge in [0.1, 0.15) is 0 Å². The number of ether oxygens (including phenoxy) is 2. The number of carbonyl (C=O) groups excluding carboxylic acids is 2. The van der Waals surface area contributed by atoms with Gasteiger partial charge in [-0.3, -0.25) is 4.79 Å². The molecule has 2 aromatic rings. The van der Waals surface area contributed by atoms with Crippen molar-refractivity contribution in [1.82, 2.24) is 4.31 Å². The van der Waals surface area contributed by atoms with Crippen LogP contribution in [0.1, 0.15) is 27.6 Å².